The summed E-state index contributed by atoms with van der Waals surface area (Å²) in [6.45, 7) is 7.59. The first-order valence-electron chi connectivity index (χ1n) is 20.4. The van der Waals surface area contributed by atoms with Crippen LogP contribution >= 0.6 is 0 Å². The lowest BCUT2D eigenvalue weighted by Gasteiger charge is -2.30. The van der Waals surface area contributed by atoms with Crippen LogP contribution in [0.5, 0.6) is 11.5 Å². The molecule has 0 radical (unpaired) electrons. The van der Waals surface area contributed by atoms with Gasteiger partial charge in [0.1, 0.15) is 48.4 Å². The first-order chi connectivity index (χ1) is 29.6. The molecule has 6 heterocycles. The molecule has 3 aliphatic rings. The number of aromatic amines is 2. The van der Waals surface area contributed by atoms with Crippen molar-refractivity contribution in [2.24, 2.45) is 5.92 Å². The molecule has 3 atom stereocenters. The number of methoxy groups -OCH3 is 2. The van der Waals surface area contributed by atoms with Crippen molar-refractivity contribution in [3.05, 3.63) is 89.5 Å². The minimum atomic E-state index is -0.990. The van der Waals surface area contributed by atoms with Crippen LogP contribution in [0, 0.1) is 5.92 Å². The molecule has 4 N–H and O–H groups in total. The van der Waals surface area contributed by atoms with E-state index < -0.39 is 24.3 Å². The molecule has 0 spiro atoms. The lowest BCUT2D eigenvalue weighted by Crippen LogP contribution is -2.51. The van der Waals surface area contributed by atoms with Gasteiger partial charge in [-0.25, -0.2) is 19.6 Å². The maximum Gasteiger partial charge on any atom is 0.407 e. The van der Waals surface area contributed by atoms with Gasteiger partial charge in [-0.3, -0.25) is 14.6 Å². The van der Waals surface area contributed by atoms with Crippen molar-refractivity contribution in [1.82, 2.24) is 45.4 Å². The topological polar surface area (TPSA) is 206 Å². The van der Waals surface area contributed by atoms with Gasteiger partial charge in [0.15, 0.2) is 0 Å². The zero-order chi connectivity index (χ0) is 42.8. The Kier molecular flexibility index (Phi) is 11.6. The van der Waals surface area contributed by atoms with Crippen LogP contribution in [0.1, 0.15) is 80.5 Å². The molecule has 8 rings (SSSR count). The number of benzene rings is 2. The number of pyridine rings is 1. The van der Waals surface area contributed by atoms with E-state index in [1.165, 1.54) is 14.2 Å². The summed E-state index contributed by atoms with van der Waals surface area (Å²) in [7, 11) is 2.53. The van der Waals surface area contributed by atoms with E-state index in [0.717, 1.165) is 69.1 Å². The van der Waals surface area contributed by atoms with Crippen molar-refractivity contribution >= 4 is 24.0 Å². The van der Waals surface area contributed by atoms with Gasteiger partial charge >= 0.3 is 12.2 Å². The number of rotatable bonds is 13. The smallest absolute Gasteiger partial charge is 0.407 e. The van der Waals surface area contributed by atoms with Gasteiger partial charge in [0.25, 0.3) is 0 Å². The Hall–Kier alpha value is -6.91. The molecule has 17 nitrogen and oxygen atoms in total. The van der Waals surface area contributed by atoms with Gasteiger partial charge in [-0.1, -0.05) is 26.8 Å². The van der Waals surface area contributed by atoms with Gasteiger partial charge in [0.2, 0.25) is 11.8 Å². The van der Waals surface area contributed by atoms with E-state index in [0.29, 0.717) is 49.9 Å². The summed E-state index contributed by atoms with van der Waals surface area (Å²) in [5.41, 5.74) is 7.75. The summed E-state index contributed by atoms with van der Waals surface area (Å²) in [5.74, 6) is 2.13. The summed E-state index contributed by atoms with van der Waals surface area (Å²) in [5, 5.41) is 5.35. The highest BCUT2D eigenvalue weighted by atomic mass is 16.5. The van der Waals surface area contributed by atoms with E-state index in [2.05, 4.69) is 42.7 Å². The monoisotopic (exact) mass is 831 g/mol. The second kappa shape index (κ2) is 17.4. The first kappa shape index (κ1) is 40.9. The van der Waals surface area contributed by atoms with Gasteiger partial charge in [0, 0.05) is 64.4 Å². The Labute approximate surface area is 352 Å². The minimum absolute atomic E-state index is 0.131. The first-order valence-corrected chi connectivity index (χ1v) is 20.4. The third-order valence-corrected chi connectivity index (χ3v) is 11.3. The third kappa shape index (κ3) is 8.19. The quantitative estimate of drug-likeness (QED) is 0.105. The van der Waals surface area contributed by atoms with Crippen molar-refractivity contribution < 1.29 is 38.1 Å². The second-order valence-electron chi connectivity index (χ2n) is 15.7. The molecule has 0 saturated carbocycles. The van der Waals surface area contributed by atoms with Crippen LogP contribution in [0.25, 0.3) is 33.6 Å². The summed E-state index contributed by atoms with van der Waals surface area (Å²) in [4.78, 5) is 75.7. The van der Waals surface area contributed by atoms with Crippen LogP contribution in [0.2, 0.25) is 0 Å². The number of imidazole rings is 2. The number of ether oxygens (including phenoxy) is 4. The van der Waals surface area contributed by atoms with Crippen molar-refractivity contribution in [3.63, 3.8) is 0 Å². The number of hydrogen-bond donors (Lipinski definition) is 4. The standard InChI is InChI=1S/C44H49N9O8/c1-6-12-52(41(54)39(51-44(57)59-5)25-9-7-11-45-18-25)21-35-46-19-30(48-35)26-14-28-22-61-34-17-27(15-29-23-60-33(16-26)36(28)37(29)34)31-20-47-40(49-31)32-10-8-13-53(32)42(55)38(24(2)3)50-43(56)58-4/h7,9,11,14-20,24,32,38-39H,6,8,10,12-13,21-23H2,1-5H3,(H,46,48)(H,47,49)(H,50,56)(H,51,57). The van der Waals surface area contributed by atoms with E-state index in [9.17, 15) is 19.2 Å². The fraction of sp³-hybridized carbons (Fsp3) is 0.386. The number of alkyl carbamates (subject to hydrolysis) is 2. The highest BCUT2D eigenvalue weighted by Crippen LogP contribution is 2.51. The summed E-state index contributed by atoms with van der Waals surface area (Å²) in [6.07, 6.45) is 7.56. The molecular formula is C44H49N9O8. The zero-order valence-corrected chi connectivity index (χ0v) is 34.7. The van der Waals surface area contributed by atoms with Crippen molar-refractivity contribution in [2.75, 3.05) is 27.3 Å². The molecule has 5 aromatic rings. The Balaban J connectivity index is 1.01. The van der Waals surface area contributed by atoms with Crippen LogP contribution in [0.4, 0.5) is 9.59 Å². The van der Waals surface area contributed by atoms with E-state index in [1.54, 1.807) is 46.7 Å². The predicted molar refractivity (Wildman–Crippen MR) is 222 cm³/mol. The Morgan fingerprint density at radius 1 is 0.902 bits per heavy atom. The van der Waals surface area contributed by atoms with Crippen LogP contribution in [-0.2, 0) is 38.8 Å². The van der Waals surface area contributed by atoms with Crippen molar-refractivity contribution in [2.45, 2.75) is 77.9 Å². The number of nitrogens with zero attached hydrogens (tertiary/aromatic N) is 5. The Morgan fingerprint density at radius 2 is 1.56 bits per heavy atom. The van der Waals surface area contributed by atoms with E-state index >= 15 is 0 Å². The largest absolute Gasteiger partial charge is 0.488 e. The normalized spacial score (nSPS) is 15.8. The SMILES string of the molecule is CCCN(Cc1ncc(-c2cc3c4c(c2)OCc2cc(-c5cnc(C6CCCN6C(=O)C(NC(=O)OC)C(C)C)[nH]5)cc(c2-4)OC3)[nH]1)C(=O)C(NC(=O)OC)c1cccnc1. The number of nitrogens with one attached hydrogen (secondary N) is 4. The van der Waals surface area contributed by atoms with Gasteiger partial charge < -0.3 is 49.3 Å². The highest BCUT2D eigenvalue weighted by Gasteiger charge is 2.38. The summed E-state index contributed by atoms with van der Waals surface area (Å²) >= 11 is 0. The molecule has 318 valence electrons. The maximum absolute atomic E-state index is 13.9. The number of hydrogen-bond acceptors (Lipinski definition) is 11. The third-order valence-electron chi connectivity index (χ3n) is 11.3. The summed E-state index contributed by atoms with van der Waals surface area (Å²) in [6, 6.07) is 9.64. The number of H-pyrrole nitrogens is 2. The second-order valence-corrected chi connectivity index (χ2v) is 15.7. The molecule has 3 aromatic heterocycles. The maximum atomic E-state index is 13.9. The lowest BCUT2D eigenvalue weighted by molar-refractivity contribution is -0.135. The van der Waals surface area contributed by atoms with Crippen molar-refractivity contribution in [1.29, 1.82) is 0 Å². The van der Waals surface area contributed by atoms with Crippen LogP contribution < -0.4 is 20.1 Å². The number of aromatic nitrogens is 5. The Bertz CT molecular complexity index is 2400. The average Bonchev–Trinajstić information content (AvgIpc) is 4.08. The molecule has 1 fully saturated rings. The fourth-order valence-electron chi connectivity index (χ4n) is 8.34. The highest BCUT2D eigenvalue weighted by molar-refractivity contribution is 5.89. The van der Waals surface area contributed by atoms with Crippen LogP contribution in [0.15, 0.2) is 61.2 Å². The molecule has 3 unspecified atom stereocenters. The number of carbonyl (C=O) groups excluding carboxylic acids is 4. The molecular weight excluding hydrogens is 783 g/mol. The minimum Gasteiger partial charge on any atom is -0.488 e. The molecule has 17 heteroatoms. The predicted octanol–water partition coefficient (Wildman–Crippen LogP) is 6.19. The van der Waals surface area contributed by atoms with E-state index in [-0.39, 0.29) is 30.3 Å². The molecule has 0 aliphatic carbocycles. The van der Waals surface area contributed by atoms with E-state index in [1.807, 2.05) is 32.9 Å². The van der Waals surface area contributed by atoms with Crippen LogP contribution in [-0.4, -0.2) is 92.1 Å². The Morgan fingerprint density at radius 3 is 2.18 bits per heavy atom. The lowest BCUT2D eigenvalue weighted by atomic mass is 9.87. The molecule has 1 saturated heterocycles. The molecule has 4 amide bonds. The van der Waals surface area contributed by atoms with Gasteiger partial charge in [-0.15, -0.1) is 0 Å². The number of likely N-dealkylation sites (tertiary alicyclic amines) is 1. The number of amides is 4. The molecule has 2 aromatic carbocycles. The molecule has 3 aliphatic heterocycles. The van der Waals surface area contributed by atoms with Gasteiger partial charge in [-0.2, -0.15) is 0 Å². The van der Waals surface area contributed by atoms with Gasteiger partial charge in [-0.05, 0) is 55.5 Å². The van der Waals surface area contributed by atoms with Crippen molar-refractivity contribution in [3.8, 4) is 45.1 Å². The van der Waals surface area contributed by atoms with E-state index in [4.69, 9.17) is 23.9 Å². The number of carbonyl (C=O) groups is 4. The molecule has 0 bridgehead atoms. The average molecular weight is 832 g/mol. The zero-order valence-electron chi connectivity index (χ0n) is 34.7. The fourth-order valence-corrected chi connectivity index (χ4v) is 8.34. The van der Waals surface area contributed by atoms with Gasteiger partial charge in [0.05, 0.1) is 50.6 Å². The van der Waals surface area contributed by atoms with Crippen LogP contribution in [0.3, 0.4) is 0 Å². The summed E-state index contributed by atoms with van der Waals surface area (Å²) < 4.78 is 22.4. The molecule has 61 heavy (non-hydrogen) atoms.